The predicted molar refractivity (Wildman–Crippen MR) is 71.8 cm³/mol. The maximum atomic E-state index is 11.8. The van der Waals surface area contributed by atoms with Crippen LogP contribution in [0.4, 0.5) is 0 Å². The summed E-state index contributed by atoms with van der Waals surface area (Å²) >= 11 is 12.4. The van der Waals surface area contributed by atoms with Crippen molar-refractivity contribution >= 4 is 49.4 Å². The molecule has 0 atom stereocenters. The van der Waals surface area contributed by atoms with Gasteiger partial charge < -0.3 is 9.73 Å². The summed E-state index contributed by atoms with van der Waals surface area (Å²) in [5, 5.41) is 4.47. The molecule has 1 amide bonds. The van der Waals surface area contributed by atoms with Crippen LogP contribution >= 0.6 is 43.5 Å². The Morgan fingerprint density at radius 1 is 1.50 bits per heavy atom. The summed E-state index contributed by atoms with van der Waals surface area (Å²) < 4.78 is 5.05. The van der Waals surface area contributed by atoms with E-state index in [1.807, 2.05) is 6.92 Å². The number of carbonyl (C=O) groups is 1. The molecule has 0 aliphatic heterocycles. The number of hydrogen-bond acceptors (Lipinski definition) is 2. The van der Waals surface area contributed by atoms with E-state index in [1.54, 1.807) is 12.1 Å². The second-order valence-electron chi connectivity index (χ2n) is 3.46. The fourth-order valence-electron chi connectivity index (χ4n) is 1.12. The zero-order chi connectivity index (χ0) is 12.2. The molecular formula is C10H12Br2ClNO2. The Bertz CT molecular complexity index is 355. The SMILES string of the molecule is CCC(CBr)(CBr)NC(=O)c1ccc(Cl)o1. The van der Waals surface area contributed by atoms with Crippen LogP contribution < -0.4 is 5.32 Å². The highest BCUT2D eigenvalue weighted by Crippen LogP contribution is 2.19. The van der Waals surface area contributed by atoms with Crippen molar-refractivity contribution in [2.24, 2.45) is 0 Å². The minimum Gasteiger partial charge on any atom is -0.440 e. The molecule has 6 heteroatoms. The van der Waals surface area contributed by atoms with Gasteiger partial charge in [-0.15, -0.1) is 0 Å². The van der Waals surface area contributed by atoms with E-state index in [4.69, 9.17) is 16.0 Å². The predicted octanol–water partition coefficient (Wildman–Crippen LogP) is 3.60. The quantitative estimate of drug-likeness (QED) is 0.802. The monoisotopic (exact) mass is 371 g/mol. The first-order valence-corrected chi connectivity index (χ1v) is 7.39. The number of nitrogens with one attached hydrogen (secondary N) is 1. The lowest BCUT2D eigenvalue weighted by molar-refractivity contribution is 0.0887. The molecule has 3 nitrogen and oxygen atoms in total. The lowest BCUT2D eigenvalue weighted by atomic mass is 10.0. The van der Waals surface area contributed by atoms with Crippen molar-refractivity contribution < 1.29 is 9.21 Å². The first kappa shape index (κ1) is 14.1. The number of furan rings is 1. The number of halogens is 3. The van der Waals surface area contributed by atoms with Crippen molar-refractivity contribution in [2.45, 2.75) is 18.9 Å². The molecule has 0 aliphatic rings. The first-order chi connectivity index (χ1) is 7.56. The van der Waals surface area contributed by atoms with E-state index in [9.17, 15) is 4.79 Å². The number of hydrogen-bond donors (Lipinski definition) is 1. The van der Waals surface area contributed by atoms with Crippen molar-refractivity contribution in [3.05, 3.63) is 23.1 Å². The number of alkyl halides is 2. The van der Waals surface area contributed by atoms with Gasteiger partial charge in [0, 0.05) is 10.7 Å². The zero-order valence-electron chi connectivity index (χ0n) is 8.73. The molecular weight excluding hydrogens is 361 g/mol. The molecule has 0 aromatic carbocycles. The minimum absolute atomic E-state index is 0.213. The molecule has 0 bridgehead atoms. The van der Waals surface area contributed by atoms with Crippen LogP contribution in [0, 0.1) is 0 Å². The van der Waals surface area contributed by atoms with Crippen LogP contribution in [0.3, 0.4) is 0 Å². The summed E-state index contributed by atoms with van der Waals surface area (Å²) in [4.78, 5) is 11.8. The van der Waals surface area contributed by atoms with E-state index >= 15 is 0 Å². The highest BCUT2D eigenvalue weighted by Gasteiger charge is 2.29. The third-order valence-corrected chi connectivity index (χ3v) is 4.71. The van der Waals surface area contributed by atoms with Gasteiger partial charge in [0.05, 0.1) is 5.54 Å². The van der Waals surface area contributed by atoms with Gasteiger partial charge in [0.2, 0.25) is 0 Å². The largest absolute Gasteiger partial charge is 0.440 e. The summed E-state index contributed by atoms with van der Waals surface area (Å²) in [6.45, 7) is 2.01. The number of rotatable bonds is 5. The third-order valence-electron chi connectivity index (χ3n) is 2.36. The van der Waals surface area contributed by atoms with Gasteiger partial charge in [-0.1, -0.05) is 38.8 Å². The molecule has 1 rings (SSSR count). The van der Waals surface area contributed by atoms with Gasteiger partial charge in [-0.3, -0.25) is 4.79 Å². The molecule has 1 aromatic rings. The molecule has 0 aliphatic carbocycles. The van der Waals surface area contributed by atoms with Crippen molar-refractivity contribution in [3.8, 4) is 0 Å². The zero-order valence-corrected chi connectivity index (χ0v) is 12.7. The van der Waals surface area contributed by atoms with Gasteiger partial charge >= 0.3 is 0 Å². The summed E-state index contributed by atoms with van der Waals surface area (Å²) in [5.41, 5.74) is -0.309. The molecule has 0 saturated carbocycles. The molecule has 0 saturated heterocycles. The minimum atomic E-state index is -0.309. The molecule has 1 N–H and O–H groups in total. The van der Waals surface area contributed by atoms with E-state index in [2.05, 4.69) is 37.2 Å². The Kier molecular flexibility index (Phi) is 5.34. The van der Waals surface area contributed by atoms with Crippen LogP contribution in [-0.4, -0.2) is 22.1 Å². The molecule has 1 heterocycles. The maximum Gasteiger partial charge on any atom is 0.287 e. The summed E-state index contributed by atoms with van der Waals surface area (Å²) in [6, 6.07) is 3.10. The molecule has 1 aromatic heterocycles. The fraction of sp³-hybridized carbons (Fsp3) is 0.500. The maximum absolute atomic E-state index is 11.8. The van der Waals surface area contributed by atoms with Crippen molar-refractivity contribution in [1.82, 2.24) is 5.32 Å². The van der Waals surface area contributed by atoms with Gasteiger partial charge in [-0.05, 0) is 30.2 Å². The van der Waals surface area contributed by atoms with Gasteiger partial charge in [-0.2, -0.15) is 0 Å². The van der Waals surface area contributed by atoms with Crippen LogP contribution in [0.15, 0.2) is 16.5 Å². The van der Waals surface area contributed by atoms with E-state index in [0.717, 1.165) is 6.42 Å². The number of carbonyl (C=O) groups excluding carboxylic acids is 1. The van der Waals surface area contributed by atoms with Gasteiger partial charge in [0.1, 0.15) is 0 Å². The Hall–Kier alpha value is -0.0000000000000000555. The molecule has 0 unspecified atom stereocenters. The van der Waals surface area contributed by atoms with Gasteiger partial charge in [0.25, 0.3) is 5.91 Å². The lowest BCUT2D eigenvalue weighted by Crippen LogP contribution is -2.51. The average molecular weight is 373 g/mol. The van der Waals surface area contributed by atoms with Gasteiger partial charge in [0.15, 0.2) is 11.0 Å². The van der Waals surface area contributed by atoms with Crippen molar-refractivity contribution in [1.29, 1.82) is 0 Å². The van der Waals surface area contributed by atoms with E-state index in [-0.39, 0.29) is 22.4 Å². The average Bonchev–Trinajstić information content (AvgIpc) is 2.73. The molecule has 16 heavy (non-hydrogen) atoms. The summed E-state index contributed by atoms with van der Waals surface area (Å²) in [5.74, 6) is -0.0302. The Morgan fingerprint density at radius 3 is 2.50 bits per heavy atom. The van der Waals surface area contributed by atoms with Crippen molar-refractivity contribution in [3.63, 3.8) is 0 Å². The van der Waals surface area contributed by atoms with Crippen LogP contribution in [0.2, 0.25) is 5.22 Å². The van der Waals surface area contributed by atoms with E-state index in [0.29, 0.717) is 10.7 Å². The highest BCUT2D eigenvalue weighted by molar-refractivity contribution is 9.09. The second-order valence-corrected chi connectivity index (χ2v) is 4.95. The summed E-state index contributed by atoms with van der Waals surface area (Å²) in [6.07, 6.45) is 0.809. The Labute approximate surface area is 116 Å². The van der Waals surface area contributed by atoms with Gasteiger partial charge in [-0.25, -0.2) is 0 Å². The second kappa shape index (κ2) is 6.07. The molecule has 0 fully saturated rings. The van der Waals surface area contributed by atoms with Crippen LogP contribution in [0.1, 0.15) is 23.9 Å². The molecule has 0 radical (unpaired) electrons. The van der Waals surface area contributed by atoms with Crippen LogP contribution in [-0.2, 0) is 0 Å². The number of amides is 1. The fourth-order valence-corrected chi connectivity index (χ4v) is 3.27. The van der Waals surface area contributed by atoms with E-state index in [1.165, 1.54) is 0 Å². The standard InChI is InChI=1S/C10H12Br2ClNO2/c1-2-10(5-11,6-12)14-9(15)7-3-4-8(13)16-7/h3-4H,2,5-6H2,1H3,(H,14,15). The normalized spacial score (nSPS) is 11.5. The smallest absolute Gasteiger partial charge is 0.287 e. The molecule has 0 spiro atoms. The van der Waals surface area contributed by atoms with Crippen molar-refractivity contribution in [2.75, 3.05) is 10.7 Å². The summed E-state index contributed by atoms with van der Waals surface area (Å²) in [7, 11) is 0. The molecule has 90 valence electrons. The lowest BCUT2D eigenvalue weighted by Gasteiger charge is -2.29. The topological polar surface area (TPSA) is 42.2 Å². The van der Waals surface area contributed by atoms with E-state index < -0.39 is 0 Å². The van der Waals surface area contributed by atoms with Crippen LogP contribution in [0.5, 0.6) is 0 Å². The first-order valence-electron chi connectivity index (χ1n) is 4.76. The Morgan fingerprint density at radius 2 is 2.12 bits per heavy atom. The third kappa shape index (κ3) is 3.25. The Balaban J connectivity index is 2.76. The van der Waals surface area contributed by atoms with Crippen LogP contribution in [0.25, 0.3) is 0 Å². The highest BCUT2D eigenvalue weighted by atomic mass is 79.9.